The first kappa shape index (κ1) is 17.0. The molecule has 0 heterocycles. The van der Waals surface area contributed by atoms with E-state index in [2.05, 4.69) is 10.6 Å². The third kappa shape index (κ3) is 8.15. The van der Waals surface area contributed by atoms with Gasteiger partial charge in [-0.1, -0.05) is 20.8 Å². The first-order valence-electron chi connectivity index (χ1n) is 7.52. The van der Waals surface area contributed by atoms with Gasteiger partial charge in [0, 0.05) is 38.1 Å². The zero-order valence-electron chi connectivity index (χ0n) is 13.0. The Hall–Kier alpha value is -1.10. The van der Waals surface area contributed by atoms with Crippen LogP contribution >= 0.6 is 0 Å². The Kier molecular flexibility index (Phi) is 6.99. The number of amides is 2. The van der Waals surface area contributed by atoms with Gasteiger partial charge in [-0.25, -0.2) is 0 Å². The fraction of sp³-hybridized carbons (Fsp3) is 0.867. The third-order valence-corrected chi connectivity index (χ3v) is 3.16. The summed E-state index contributed by atoms with van der Waals surface area (Å²) >= 11 is 0. The first-order valence-corrected chi connectivity index (χ1v) is 7.52. The van der Waals surface area contributed by atoms with Gasteiger partial charge in [-0.15, -0.1) is 0 Å². The minimum absolute atomic E-state index is 0.0265. The van der Waals surface area contributed by atoms with Crippen molar-refractivity contribution in [2.45, 2.75) is 46.5 Å². The lowest BCUT2D eigenvalue weighted by molar-refractivity contribution is -0.128. The summed E-state index contributed by atoms with van der Waals surface area (Å²) in [5.41, 5.74) is -0.407. The maximum atomic E-state index is 11.6. The molecule has 0 radical (unpaired) electrons. The fourth-order valence-electron chi connectivity index (χ4n) is 1.58. The highest BCUT2D eigenvalue weighted by Crippen LogP contribution is 2.28. The predicted molar refractivity (Wildman–Crippen MR) is 78.3 cm³/mol. The smallest absolute Gasteiger partial charge is 0.225 e. The Labute approximate surface area is 121 Å². The van der Waals surface area contributed by atoms with Crippen LogP contribution in [0.1, 0.15) is 46.5 Å². The average Bonchev–Trinajstić information content (AvgIpc) is 3.16. The van der Waals surface area contributed by atoms with E-state index >= 15 is 0 Å². The molecule has 1 aliphatic rings. The largest absolute Gasteiger partial charge is 0.381 e. The van der Waals surface area contributed by atoms with Crippen molar-refractivity contribution in [3.05, 3.63) is 0 Å². The Morgan fingerprint density at radius 3 is 2.45 bits per heavy atom. The first-order chi connectivity index (χ1) is 9.39. The zero-order valence-corrected chi connectivity index (χ0v) is 13.0. The summed E-state index contributed by atoms with van der Waals surface area (Å²) in [7, 11) is 0. The lowest BCUT2D eigenvalue weighted by Gasteiger charge is -2.17. The van der Waals surface area contributed by atoms with Crippen LogP contribution in [0.2, 0.25) is 0 Å². The van der Waals surface area contributed by atoms with E-state index in [0.29, 0.717) is 26.1 Å². The van der Waals surface area contributed by atoms with E-state index in [1.54, 1.807) is 0 Å². The molecular formula is C15H28N2O3. The second kappa shape index (κ2) is 8.25. The van der Waals surface area contributed by atoms with Crippen molar-refractivity contribution in [3.63, 3.8) is 0 Å². The summed E-state index contributed by atoms with van der Waals surface area (Å²) in [6.07, 6.45) is 3.77. The molecule has 1 rings (SSSR count). The lowest BCUT2D eigenvalue weighted by Crippen LogP contribution is -2.37. The van der Waals surface area contributed by atoms with Gasteiger partial charge in [-0.2, -0.15) is 0 Å². The summed E-state index contributed by atoms with van der Waals surface area (Å²) in [5, 5.41) is 5.59. The SMILES string of the molecule is CC(C)(C)C(=O)NCCC(=O)NCCCOCC1CC1. The predicted octanol–water partition coefficient (Wildman–Crippen LogP) is 1.47. The molecule has 0 aromatic carbocycles. The van der Waals surface area contributed by atoms with Crippen LogP contribution in [0, 0.1) is 11.3 Å². The monoisotopic (exact) mass is 284 g/mol. The van der Waals surface area contributed by atoms with Crippen molar-refractivity contribution in [1.82, 2.24) is 10.6 Å². The molecule has 1 fully saturated rings. The second-order valence-corrected chi connectivity index (χ2v) is 6.48. The number of carbonyl (C=O) groups is 2. The maximum Gasteiger partial charge on any atom is 0.225 e. The van der Waals surface area contributed by atoms with Crippen molar-refractivity contribution in [2.75, 3.05) is 26.3 Å². The molecule has 0 unspecified atom stereocenters. The number of carbonyl (C=O) groups excluding carboxylic acids is 2. The highest BCUT2D eigenvalue weighted by molar-refractivity contribution is 5.82. The highest BCUT2D eigenvalue weighted by Gasteiger charge is 2.21. The summed E-state index contributed by atoms with van der Waals surface area (Å²) in [6.45, 7) is 8.15. The molecule has 20 heavy (non-hydrogen) atoms. The molecule has 0 bridgehead atoms. The van der Waals surface area contributed by atoms with Crippen LogP contribution in [-0.2, 0) is 14.3 Å². The Morgan fingerprint density at radius 1 is 1.15 bits per heavy atom. The molecule has 0 aliphatic heterocycles. The van der Waals surface area contributed by atoms with Crippen molar-refractivity contribution in [1.29, 1.82) is 0 Å². The summed E-state index contributed by atoms with van der Waals surface area (Å²) in [6, 6.07) is 0. The van der Waals surface area contributed by atoms with Crippen LogP contribution in [0.3, 0.4) is 0 Å². The van der Waals surface area contributed by atoms with Gasteiger partial charge >= 0.3 is 0 Å². The fourth-order valence-corrected chi connectivity index (χ4v) is 1.58. The van der Waals surface area contributed by atoms with E-state index in [1.165, 1.54) is 12.8 Å². The minimum Gasteiger partial charge on any atom is -0.381 e. The minimum atomic E-state index is -0.407. The number of ether oxygens (including phenoxy) is 1. The molecule has 1 aliphatic carbocycles. The molecule has 0 aromatic rings. The van der Waals surface area contributed by atoms with Gasteiger partial charge < -0.3 is 15.4 Å². The molecule has 2 N–H and O–H groups in total. The Morgan fingerprint density at radius 2 is 1.85 bits per heavy atom. The third-order valence-electron chi connectivity index (χ3n) is 3.16. The molecule has 5 heteroatoms. The summed E-state index contributed by atoms with van der Waals surface area (Å²) < 4.78 is 5.48. The van der Waals surface area contributed by atoms with E-state index in [9.17, 15) is 9.59 Å². The van der Waals surface area contributed by atoms with E-state index in [-0.39, 0.29) is 11.8 Å². The quantitative estimate of drug-likeness (QED) is 0.630. The van der Waals surface area contributed by atoms with E-state index < -0.39 is 5.41 Å². The van der Waals surface area contributed by atoms with Gasteiger partial charge in [0.05, 0.1) is 0 Å². The molecular weight excluding hydrogens is 256 g/mol. The molecule has 2 amide bonds. The van der Waals surface area contributed by atoms with Gasteiger partial charge in [0.25, 0.3) is 0 Å². The number of hydrogen-bond acceptors (Lipinski definition) is 3. The van der Waals surface area contributed by atoms with Gasteiger partial charge in [0.2, 0.25) is 11.8 Å². The van der Waals surface area contributed by atoms with Gasteiger partial charge in [-0.3, -0.25) is 9.59 Å². The van der Waals surface area contributed by atoms with Gasteiger partial charge in [0.15, 0.2) is 0 Å². The van der Waals surface area contributed by atoms with Gasteiger partial charge in [-0.05, 0) is 25.2 Å². The van der Waals surface area contributed by atoms with Crippen molar-refractivity contribution >= 4 is 11.8 Å². The van der Waals surface area contributed by atoms with E-state index in [1.807, 2.05) is 20.8 Å². The number of hydrogen-bond donors (Lipinski definition) is 2. The molecule has 0 atom stereocenters. The lowest BCUT2D eigenvalue weighted by atomic mass is 9.96. The Balaban J connectivity index is 1.90. The average molecular weight is 284 g/mol. The van der Waals surface area contributed by atoms with E-state index in [4.69, 9.17) is 4.74 Å². The van der Waals surface area contributed by atoms with Crippen molar-refractivity contribution in [3.8, 4) is 0 Å². The summed E-state index contributed by atoms with van der Waals surface area (Å²) in [5.74, 6) is 0.733. The van der Waals surface area contributed by atoms with E-state index in [0.717, 1.165) is 18.9 Å². The van der Waals surface area contributed by atoms with Crippen LogP contribution in [0.15, 0.2) is 0 Å². The van der Waals surface area contributed by atoms with Gasteiger partial charge in [0.1, 0.15) is 0 Å². The molecule has 1 saturated carbocycles. The van der Waals surface area contributed by atoms with Crippen LogP contribution in [0.25, 0.3) is 0 Å². The van der Waals surface area contributed by atoms with Crippen LogP contribution in [-0.4, -0.2) is 38.1 Å². The molecule has 0 saturated heterocycles. The standard InChI is InChI=1S/C15H28N2O3/c1-15(2,3)14(19)17-9-7-13(18)16-8-4-10-20-11-12-5-6-12/h12H,4-11H2,1-3H3,(H,16,18)(H,17,19). The number of rotatable bonds is 9. The van der Waals surface area contributed by atoms with Crippen molar-refractivity contribution in [2.24, 2.45) is 11.3 Å². The Bertz CT molecular complexity index is 320. The normalized spacial score (nSPS) is 14.9. The highest BCUT2D eigenvalue weighted by atomic mass is 16.5. The second-order valence-electron chi connectivity index (χ2n) is 6.48. The topological polar surface area (TPSA) is 67.4 Å². The molecule has 0 aromatic heterocycles. The van der Waals surface area contributed by atoms with Crippen LogP contribution in [0.4, 0.5) is 0 Å². The molecule has 5 nitrogen and oxygen atoms in total. The van der Waals surface area contributed by atoms with Crippen LogP contribution < -0.4 is 10.6 Å². The number of nitrogens with one attached hydrogen (secondary N) is 2. The summed E-state index contributed by atoms with van der Waals surface area (Å²) in [4.78, 5) is 23.1. The maximum absolute atomic E-state index is 11.6. The molecule has 116 valence electrons. The van der Waals surface area contributed by atoms with Crippen LogP contribution in [0.5, 0.6) is 0 Å². The van der Waals surface area contributed by atoms with Crippen molar-refractivity contribution < 1.29 is 14.3 Å². The molecule has 0 spiro atoms. The zero-order chi connectivity index (χ0) is 15.0.